The Morgan fingerprint density at radius 1 is 1.30 bits per heavy atom. The smallest absolute Gasteiger partial charge is 0.0945 e. The van der Waals surface area contributed by atoms with E-state index < -0.39 is 6.10 Å². The van der Waals surface area contributed by atoms with E-state index in [2.05, 4.69) is 30.6 Å². The lowest BCUT2D eigenvalue weighted by atomic mass is 10.2. The van der Waals surface area contributed by atoms with Gasteiger partial charge in [0.15, 0.2) is 0 Å². The summed E-state index contributed by atoms with van der Waals surface area (Å²) in [5.74, 6) is 0. The van der Waals surface area contributed by atoms with Crippen molar-refractivity contribution in [2.75, 3.05) is 31.3 Å². The van der Waals surface area contributed by atoms with Gasteiger partial charge in [-0.3, -0.25) is 0 Å². The number of aliphatic hydroxyl groups excluding tert-OH is 1. The molecule has 1 aromatic carbocycles. The van der Waals surface area contributed by atoms with Crippen LogP contribution in [0.4, 0.5) is 5.69 Å². The van der Waals surface area contributed by atoms with Crippen LogP contribution >= 0.6 is 11.8 Å². The van der Waals surface area contributed by atoms with Crippen LogP contribution in [0.2, 0.25) is 0 Å². The zero-order valence-corrected chi connectivity index (χ0v) is 13.4. The lowest BCUT2D eigenvalue weighted by molar-refractivity contribution is 0.0417. The fourth-order valence-corrected chi connectivity index (χ4v) is 2.34. The van der Waals surface area contributed by atoms with E-state index in [-0.39, 0.29) is 0 Å². The average molecular weight is 297 g/mol. The average Bonchev–Trinajstić information content (AvgIpc) is 2.49. The number of hydrogen-bond donors (Lipinski definition) is 2. The number of rotatable bonds is 11. The van der Waals surface area contributed by atoms with Gasteiger partial charge in [-0.15, -0.1) is 11.8 Å². The highest BCUT2D eigenvalue weighted by molar-refractivity contribution is 7.98. The van der Waals surface area contributed by atoms with Gasteiger partial charge in [-0.1, -0.05) is 32.3 Å². The Bertz CT molecular complexity index is 360. The molecule has 0 heterocycles. The Morgan fingerprint density at radius 3 is 2.90 bits per heavy atom. The first-order valence-corrected chi connectivity index (χ1v) is 8.62. The molecule has 0 aliphatic carbocycles. The third kappa shape index (κ3) is 7.78. The molecule has 4 heteroatoms. The normalized spacial score (nSPS) is 12.3. The number of unbranched alkanes of at least 4 members (excludes halogenated alkanes) is 3. The zero-order valence-electron chi connectivity index (χ0n) is 12.6. The summed E-state index contributed by atoms with van der Waals surface area (Å²) in [4.78, 5) is 1.22. The van der Waals surface area contributed by atoms with Gasteiger partial charge >= 0.3 is 0 Å². The number of ether oxygens (including phenoxy) is 1. The van der Waals surface area contributed by atoms with Gasteiger partial charge in [0.2, 0.25) is 0 Å². The van der Waals surface area contributed by atoms with Crippen LogP contribution in [0.25, 0.3) is 0 Å². The number of hydrogen-bond acceptors (Lipinski definition) is 4. The first-order valence-electron chi connectivity index (χ1n) is 7.40. The standard InChI is InChI=1S/C16H27NO2S/c1-3-4-5-6-10-19-13-15(18)12-17-14-8-7-9-16(11-14)20-2/h7-9,11,15,17-18H,3-6,10,12-13H2,1-2H3. The van der Waals surface area contributed by atoms with Gasteiger partial charge in [0.1, 0.15) is 0 Å². The SMILES string of the molecule is CCCCCCOCC(O)CNc1cccc(SC)c1. The van der Waals surface area contributed by atoms with Crippen LogP contribution in [-0.4, -0.2) is 37.2 Å². The topological polar surface area (TPSA) is 41.5 Å². The summed E-state index contributed by atoms with van der Waals surface area (Å²) in [5.41, 5.74) is 1.04. The van der Waals surface area contributed by atoms with Gasteiger partial charge in [-0.25, -0.2) is 0 Å². The van der Waals surface area contributed by atoms with Gasteiger partial charge in [-0.05, 0) is 30.9 Å². The van der Waals surface area contributed by atoms with E-state index in [1.165, 1.54) is 24.2 Å². The highest BCUT2D eigenvalue weighted by Crippen LogP contribution is 2.18. The minimum absolute atomic E-state index is 0.404. The first-order chi connectivity index (χ1) is 9.76. The highest BCUT2D eigenvalue weighted by Gasteiger charge is 2.04. The maximum absolute atomic E-state index is 9.85. The van der Waals surface area contributed by atoms with Crippen molar-refractivity contribution in [2.24, 2.45) is 0 Å². The lowest BCUT2D eigenvalue weighted by Gasteiger charge is -2.13. The quantitative estimate of drug-likeness (QED) is 0.482. The number of nitrogens with one attached hydrogen (secondary N) is 1. The number of thioether (sulfide) groups is 1. The minimum Gasteiger partial charge on any atom is -0.389 e. The highest BCUT2D eigenvalue weighted by atomic mass is 32.2. The van der Waals surface area contributed by atoms with E-state index in [1.54, 1.807) is 11.8 Å². The Hall–Kier alpha value is -0.710. The molecule has 0 saturated carbocycles. The molecule has 0 bridgehead atoms. The van der Waals surface area contributed by atoms with Gasteiger partial charge in [0.05, 0.1) is 12.7 Å². The summed E-state index contributed by atoms with van der Waals surface area (Å²) in [7, 11) is 0. The summed E-state index contributed by atoms with van der Waals surface area (Å²) < 4.78 is 5.48. The molecule has 20 heavy (non-hydrogen) atoms. The first kappa shape index (κ1) is 17.3. The van der Waals surface area contributed by atoms with Gasteiger partial charge < -0.3 is 15.2 Å². The van der Waals surface area contributed by atoms with Crippen molar-refractivity contribution in [3.05, 3.63) is 24.3 Å². The van der Waals surface area contributed by atoms with Crippen molar-refractivity contribution in [3.63, 3.8) is 0 Å². The minimum atomic E-state index is -0.459. The van der Waals surface area contributed by atoms with Crippen LogP contribution in [0.3, 0.4) is 0 Å². The predicted octanol–water partition coefficient (Wildman–Crippen LogP) is 3.78. The Morgan fingerprint density at radius 2 is 2.15 bits per heavy atom. The molecule has 0 aliphatic rings. The summed E-state index contributed by atoms with van der Waals surface area (Å²) in [6, 6.07) is 8.19. The van der Waals surface area contributed by atoms with E-state index in [0.29, 0.717) is 13.2 Å². The molecule has 0 amide bonds. The number of anilines is 1. The fraction of sp³-hybridized carbons (Fsp3) is 0.625. The van der Waals surface area contributed by atoms with E-state index in [0.717, 1.165) is 18.7 Å². The molecule has 2 N–H and O–H groups in total. The van der Waals surface area contributed by atoms with E-state index in [9.17, 15) is 5.11 Å². The second-order valence-electron chi connectivity index (χ2n) is 4.90. The Labute approximate surface area is 127 Å². The number of aliphatic hydroxyl groups is 1. The number of benzene rings is 1. The Balaban J connectivity index is 2.11. The maximum Gasteiger partial charge on any atom is 0.0945 e. The van der Waals surface area contributed by atoms with Crippen LogP contribution in [0.15, 0.2) is 29.2 Å². The molecular weight excluding hydrogens is 270 g/mol. The summed E-state index contributed by atoms with van der Waals surface area (Å²) in [5, 5.41) is 13.1. The van der Waals surface area contributed by atoms with Crippen molar-refractivity contribution >= 4 is 17.4 Å². The van der Waals surface area contributed by atoms with Crippen molar-refractivity contribution < 1.29 is 9.84 Å². The molecule has 3 nitrogen and oxygen atoms in total. The second-order valence-corrected chi connectivity index (χ2v) is 5.78. The summed E-state index contributed by atoms with van der Waals surface area (Å²) in [6.45, 7) is 3.87. The van der Waals surface area contributed by atoms with Crippen molar-refractivity contribution in [2.45, 2.75) is 43.6 Å². The predicted molar refractivity (Wildman–Crippen MR) is 87.7 cm³/mol. The summed E-state index contributed by atoms with van der Waals surface area (Å²) in [6.07, 6.45) is 6.40. The van der Waals surface area contributed by atoms with Crippen LogP contribution in [-0.2, 0) is 4.74 Å². The molecule has 0 saturated heterocycles. The van der Waals surface area contributed by atoms with Crippen molar-refractivity contribution in [1.82, 2.24) is 0 Å². The lowest BCUT2D eigenvalue weighted by Crippen LogP contribution is -2.25. The molecule has 0 fully saturated rings. The zero-order chi connectivity index (χ0) is 14.6. The van der Waals surface area contributed by atoms with Crippen molar-refractivity contribution in [3.8, 4) is 0 Å². The van der Waals surface area contributed by atoms with Crippen LogP contribution in [0, 0.1) is 0 Å². The molecule has 1 aromatic rings. The molecule has 0 spiro atoms. The van der Waals surface area contributed by atoms with Gasteiger partial charge in [0, 0.05) is 23.7 Å². The molecule has 0 aromatic heterocycles. The van der Waals surface area contributed by atoms with Crippen molar-refractivity contribution in [1.29, 1.82) is 0 Å². The van der Waals surface area contributed by atoms with E-state index in [4.69, 9.17) is 4.74 Å². The monoisotopic (exact) mass is 297 g/mol. The largest absolute Gasteiger partial charge is 0.389 e. The molecule has 0 aliphatic heterocycles. The molecule has 1 unspecified atom stereocenters. The fourth-order valence-electron chi connectivity index (χ4n) is 1.88. The molecular formula is C16H27NO2S. The van der Waals surface area contributed by atoms with Gasteiger partial charge in [0.25, 0.3) is 0 Å². The van der Waals surface area contributed by atoms with Gasteiger partial charge in [-0.2, -0.15) is 0 Å². The molecule has 114 valence electrons. The Kier molecular flexibility index (Phi) is 9.54. The second kappa shape index (κ2) is 11.0. The van der Waals surface area contributed by atoms with Crippen LogP contribution in [0.5, 0.6) is 0 Å². The van der Waals surface area contributed by atoms with E-state index in [1.807, 2.05) is 12.1 Å². The van der Waals surface area contributed by atoms with E-state index >= 15 is 0 Å². The maximum atomic E-state index is 9.85. The molecule has 1 rings (SSSR count). The third-order valence-corrected chi connectivity index (χ3v) is 3.79. The van der Waals surface area contributed by atoms with Crippen LogP contribution in [0.1, 0.15) is 32.6 Å². The molecule has 0 radical (unpaired) electrons. The van der Waals surface area contributed by atoms with Crippen LogP contribution < -0.4 is 5.32 Å². The third-order valence-electron chi connectivity index (χ3n) is 3.06. The summed E-state index contributed by atoms with van der Waals surface area (Å²) >= 11 is 1.71. The molecule has 1 atom stereocenters.